The van der Waals surface area contributed by atoms with E-state index in [1.807, 2.05) is 5.38 Å². The lowest BCUT2D eigenvalue weighted by molar-refractivity contribution is -0.126. The molecule has 2 heterocycles. The number of aryl methyl sites for hydroxylation is 1. The summed E-state index contributed by atoms with van der Waals surface area (Å²) in [6, 6.07) is 6.44. The molecule has 1 saturated heterocycles. The van der Waals surface area contributed by atoms with Crippen molar-refractivity contribution in [2.45, 2.75) is 38.0 Å². The van der Waals surface area contributed by atoms with E-state index in [-0.39, 0.29) is 30.3 Å². The maximum Gasteiger partial charge on any atom is 0.220 e. The van der Waals surface area contributed by atoms with Gasteiger partial charge in [-0.3, -0.25) is 4.79 Å². The topological polar surface area (TPSA) is 60.5 Å². The summed E-state index contributed by atoms with van der Waals surface area (Å²) in [6.07, 6.45) is 1.13. The van der Waals surface area contributed by atoms with Gasteiger partial charge in [-0.05, 0) is 24.5 Å². The average molecular weight is 364 g/mol. The lowest BCUT2D eigenvalue weighted by Crippen LogP contribution is -2.50. The standard InChI is InChI=1S/C18H21FN2O3S/c19-15-4-2-1-3-13(15)5-6-18(22)21-16-7-8-23-10-17(16)24-9-14-11-25-12-20-14/h1-4,11-12,16-17H,5-10H2,(H,21,22)/t16-,17-/m1/s1. The van der Waals surface area contributed by atoms with Crippen molar-refractivity contribution in [1.29, 1.82) is 0 Å². The highest BCUT2D eigenvalue weighted by Crippen LogP contribution is 2.15. The molecule has 5 nitrogen and oxygen atoms in total. The quantitative estimate of drug-likeness (QED) is 0.821. The number of rotatable bonds is 7. The van der Waals surface area contributed by atoms with Gasteiger partial charge in [0.15, 0.2) is 0 Å². The van der Waals surface area contributed by atoms with Gasteiger partial charge in [0.05, 0.1) is 30.5 Å². The molecule has 25 heavy (non-hydrogen) atoms. The first-order valence-electron chi connectivity index (χ1n) is 8.31. The second-order valence-electron chi connectivity index (χ2n) is 5.96. The van der Waals surface area contributed by atoms with Gasteiger partial charge >= 0.3 is 0 Å². The minimum Gasteiger partial charge on any atom is -0.379 e. The van der Waals surface area contributed by atoms with E-state index in [2.05, 4.69) is 10.3 Å². The van der Waals surface area contributed by atoms with Gasteiger partial charge in [0.2, 0.25) is 5.91 Å². The number of benzene rings is 1. The predicted molar refractivity (Wildman–Crippen MR) is 92.8 cm³/mol. The lowest BCUT2D eigenvalue weighted by atomic mass is 10.0. The fourth-order valence-electron chi connectivity index (χ4n) is 2.77. The normalized spacial score (nSPS) is 20.4. The van der Waals surface area contributed by atoms with Crippen LogP contribution in [0.1, 0.15) is 24.1 Å². The van der Waals surface area contributed by atoms with Crippen LogP contribution in [0.4, 0.5) is 4.39 Å². The highest BCUT2D eigenvalue weighted by Gasteiger charge is 2.28. The molecule has 0 radical (unpaired) electrons. The van der Waals surface area contributed by atoms with Crippen LogP contribution in [0.3, 0.4) is 0 Å². The highest BCUT2D eigenvalue weighted by atomic mass is 32.1. The molecular weight excluding hydrogens is 343 g/mol. The molecule has 7 heteroatoms. The molecule has 0 unspecified atom stereocenters. The largest absolute Gasteiger partial charge is 0.379 e. The van der Waals surface area contributed by atoms with E-state index >= 15 is 0 Å². The summed E-state index contributed by atoms with van der Waals surface area (Å²) in [7, 11) is 0. The Balaban J connectivity index is 1.48. The van der Waals surface area contributed by atoms with Crippen molar-refractivity contribution in [3.63, 3.8) is 0 Å². The molecule has 1 aromatic carbocycles. The first kappa shape index (κ1) is 18.0. The Bertz CT molecular complexity index is 681. The number of halogens is 1. The Morgan fingerprint density at radius 1 is 1.44 bits per heavy atom. The zero-order valence-corrected chi connectivity index (χ0v) is 14.6. The van der Waals surface area contributed by atoms with Crippen molar-refractivity contribution < 1.29 is 18.7 Å². The number of nitrogens with zero attached hydrogens (tertiary/aromatic N) is 1. The molecule has 0 bridgehead atoms. The van der Waals surface area contributed by atoms with Crippen molar-refractivity contribution in [2.24, 2.45) is 0 Å². The van der Waals surface area contributed by atoms with Crippen LogP contribution in [-0.2, 0) is 27.3 Å². The molecular formula is C18H21FN2O3S. The Hall–Kier alpha value is -1.83. The number of hydrogen-bond acceptors (Lipinski definition) is 5. The average Bonchev–Trinajstić information content (AvgIpc) is 3.14. The number of amides is 1. The van der Waals surface area contributed by atoms with E-state index in [9.17, 15) is 9.18 Å². The van der Waals surface area contributed by atoms with E-state index < -0.39 is 0 Å². The summed E-state index contributed by atoms with van der Waals surface area (Å²) in [5, 5.41) is 4.94. The highest BCUT2D eigenvalue weighted by molar-refractivity contribution is 7.07. The summed E-state index contributed by atoms with van der Waals surface area (Å²) in [6.45, 7) is 1.44. The van der Waals surface area contributed by atoms with E-state index in [4.69, 9.17) is 9.47 Å². The summed E-state index contributed by atoms with van der Waals surface area (Å²) in [5.74, 6) is -0.372. The number of hydrogen-bond donors (Lipinski definition) is 1. The first-order valence-corrected chi connectivity index (χ1v) is 9.26. The fraction of sp³-hybridized carbons (Fsp3) is 0.444. The third-order valence-corrected chi connectivity index (χ3v) is 4.79. The molecule has 1 N–H and O–H groups in total. The molecule has 1 aliphatic rings. The van der Waals surface area contributed by atoms with E-state index in [1.54, 1.807) is 23.7 Å². The Kier molecular flexibility index (Phi) is 6.49. The summed E-state index contributed by atoms with van der Waals surface area (Å²) in [5.41, 5.74) is 3.19. The van der Waals surface area contributed by atoms with Crippen molar-refractivity contribution in [1.82, 2.24) is 10.3 Å². The van der Waals surface area contributed by atoms with Gasteiger partial charge in [-0.25, -0.2) is 9.37 Å². The maximum atomic E-state index is 13.6. The number of carbonyl (C=O) groups is 1. The number of carbonyl (C=O) groups excluding carboxylic acids is 1. The number of ether oxygens (including phenoxy) is 2. The predicted octanol–water partition coefficient (Wildman–Crippen LogP) is 2.71. The zero-order valence-electron chi connectivity index (χ0n) is 13.8. The summed E-state index contributed by atoms with van der Waals surface area (Å²) >= 11 is 1.52. The molecule has 0 saturated carbocycles. The van der Waals surface area contributed by atoms with Crippen LogP contribution >= 0.6 is 11.3 Å². The Labute approximate surface area is 150 Å². The van der Waals surface area contributed by atoms with Crippen molar-refractivity contribution >= 4 is 17.2 Å². The number of aromatic nitrogens is 1. The monoisotopic (exact) mass is 364 g/mol. The third-order valence-electron chi connectivity index (χ3n) is 4.16. The van der Waals surface area contributed by atoms with Gasteiger partial charge in [0.25, 0.3) is 0 Å². The van der Waals surface area contributed by atoms with Gasteiger partial charge in [0.1, 0.15) is 11.9 Å². The van der Waals surface area contributed by atoms with Crippen molar-refractivity contribution in [2.75, 3.05) is 13.2 Å². The Morgan fingerprint density at radius 2 is 2.32 bits per heavy atom. The number of nitrogens with one attached hydrogen (secondary N) is 1. The SMILES string of the molecule is O=C(CCc1ccccc1F)N[C@@H]1CCOC[C@H]1OCc1cscn1. The summed E-state index contributed by atoms with van der Waals surface area (Å²) < 4.78 is 25.0. The van der Waals surface area contributed by atoms with Crippen LogP contribution in [0.5, 0.6) is 0 Å². The van der Waals surface area contributed by atoms with E-state index in [1.165, 1.54) is 17.4 Å². The molecule has 134 valence electrons. The van der Waals surface area contributed by atoms with Gasteiger partial charge < -0.3 is 14.8 Å². The minimum absolute atomic E-state index is 0.0968. The van der Waals surface area contributed by atoms with Crippen molar-refractivity contribution in [3.8, 4) is 0 Å². The molecule has 2 atom stereocenters. The molecule has 1 fully saturated rings. The van der Waals surface area contributed by atoms with E-state index in [0.717, 1.165) is 5.69 Å². The van der Waals surface area contributed by atoms with Crippen LogP contribution in [0.2, 0.25) is 0 Å². The maximum absolute atomic E-state index is 13.6. The molecule has 1 aliphatic heterocycles. The van der Waals surface area contributed by atoms with Crippen LogP contribution < -0.4 is 5.32 Å². The molecule has 3 rings (SSSR count). The van der Waals surface area contributed by atoms with Gasteiger partial charge in [-0.1, -0.05) is 18.2 Å². The minimum atomic E-state index is -0.272. The van der Waals surface area contributed by atoms with Crippen LogP contribution in [0.25, 0.3) is 0 Å². The van der Waals surface area contributed by atoms with Gasteiger partial charge in [0, 0.05) is 18.4 Å². The zero-order chi connectivity index (χ0) is 17.5. The second-order valence-corrected chi connectivity index (χ2v) is 6.68. The van der Waals surface area contributed by atoms with Crippen LogP contribution in [-0.4, -0.2) is 36.3 Å². The molecule has 0 aliphatic carbocycles. The van der Waals surface area contributed by atoms with Crippen LogP contribution in [0.15, 0.2) is 35.2 Å². The molecule has 1 aromatic heterocycles. The van der Waals surface area contributed by atoms with Gasteiger partial charge in [-0.15, -0.1) is 11.3 Å². The van der Waals surface area contributed by atoms with E-state index in [0.29, 0.717) is 38.2 Å². The second kappa shape index (κ2) is 9.03. The molecule has 0 spiro atoms. The summed E-state index contributed by atoms with van der Waals surface area (Å²) in [4.78, 5) is 16.4. The lowest BCUT2D eigenvalue weighted by Gasteiger charge is -2.32. The molecule has 1 amide bonds. The number of thiazole rings is 1. The smallest absolute Gasteiger partial charge is 0.220 e. The third kappa shape index (κ3) is 5.32. The molecule has 2 aromatic rings. The Morgan fingerprint density at radius 3 is 3.12 bits per heavy atom. The first-order chi connectivity index (χ1) is 12.2. The van der Waals surface area contributed by atoms with Crippen LogP contribution in [0, 0.1) is 5.82 Å². The van der Waals surface area contributed by atoms with Crippen molar-refractivity contribution in [3.05, 3.63) is 52.2 Å². The van der Waals surface area contributed by atoms with Gasteiger partial charge in [-0.2, -0.15) is 0 Å². The fourth-order valence-corrected chi connectivity index (χ4v) is 3.31.